The molecule has 0 radical (unpaired) electrons. The number of nitriles is 1. The maximum Gasteiger partial charge on any atom is 0.416 e. The Morgan fingerprint density at radius 2 is 1.71 bits per heavy atom. The van der Waals surface area contributed by atoms with Gasteiger partial charge in [-0.25, -0.2) is 0 Å². The molecule has 0 fully saturated rings. The molecular weight excluding hydrogens is 317 g/mol. The molecule has 120 valence electrons. The zero-order valence-corrected chi connectivity index (χ0v) is 12.6. The number of nitrogens with zero attached hydrogens (tertiary/aromatic N) is 2. The van der Waals surface area contributed by atoms with Crippen LogP contribution in [-0.2, 0) is 13.2 Å². The molecular formula is C18H11F3N2O. The summed E-state index contributed by atoms with van der Waals surface area (Å²) in [5.74, 6) is 0. The van der Waals surface area contributed by atoms with Crippen LogP contribution in [0.2, 0.25) is 0 Å². The van der Waals surface area contributed by atoms with Gasteiger partial charge in [0, 0.05) is 18.0 Å². The Kier molecular flexibility index (Phi) is 3.64. The molecule has 0 atom stereocenters. The second-order valence-corrected chi connectivity index (χ2v) is 5.32. The van der Waals surface area contributed by atoms with E-state index >= 15 is 0 Å². The largest absolute Gasteiger partial charge is 0.416 e. The highest BCUT2D eigenvalue weighted by Crippen LogP contribution is 2.35. The van der Waals surface area contributed by atoms with Gasteiger partial charge in [0.25, 0.3) is 5.56 Å². The number of rotatable bonds is 1. The number of hydrogen-bond acceptors (Lipinski definition) is 2. The highest BCUT2D eigenvalue weighted by molar-refractivity contribution is 5.98. The fraction of sp³-hybridized carbons (Fsp3) is 0.111. The van der Waals surface area contributed by atoms with Crippen LogP contribution < -0.4 is 5.56 Å². The van der Waals surface area contributed by atoms with Crippen molar-refractivity contribution in [1.82, 2.24) is 4.57 Å². The Morgan fingerprint density at radius 3 is 2.29 bits per heavy atom. The lowest BCUT2D eigenvalue weighted by Crippen LogP contribution is -2.21. The first-order valence-electron chi connectivity index (χ1n) is 7.04. The van der Waals surface area contributed by atoms with Gasteiger partial charge in [-0.3, -0.25) is 4.79 Å². The molecule has 0 saturated carbocycles. The monoisotopic (exact) mass is 328 g/mol. The van der Waals surface area contributed by atoms with Crippen LogP contribution in [0.15, 0.2) is 53.3 Å². The summed E-state index contributed by atoms with van der Waals surface area (Å²) in [5.41, 5.74) is -0.437. The lowest BCUT2D eigenvalue weighted by atomic mass is 9.95. The molecule has 0 spiro atoms. The first kappa shape index (κ1) is 15.8. The third-order valence-electron chi connectivity index (χ3n) is 3.89. The van der Waals surface area contributed by atoms with Crippen LogP contribution in [-0.4, -0.2) is 4.57 Å². The maximum absolute atomic E-state index is 13.1. The number of hydrogen-bond donors (Lipinski definition) is 0. The Morgan fingerprint density at radius 1 is 1.04 bits per heavy atom. The lowest BCUT2D eigenvalue weighted by Gasteiger charge is -2.15. The summed E-state index contributed by atoms with van der Waals surface area (Å²) >= 11 is 0. The van der Waals surface area contributed by atoms with E-state index in [4.69, 9.17) is 0 Å². The minimum Gasteiger partial charge on any atom is -0.302 e. The number of aromatic nitrogens is 1. The normalized spacial score (nSPS) is 11.5. The fourth-order valence-electron chi connectivity index (χ4n) is 2.72. The van der Waals surface area contributed by atoms with E-state index in [2.05, 4.69) is 0 Å². The molecule has 1 heterocycles. The topological polar surface area (TPSA) is 45.8 Å². The van der Waals surface area contributed by atoms with E-state index in [0.717, 1.165) is 22.8 Å². The molecule has 3 nitrogen and oxygen atoms in total. The van der Waals surface area contributed by atoms with E-state index in [-0.39, 0.29) is 16.5 Å². The second-order valence-electron chi connectivity index (χ2n) is 5.32. The van der Waals surface area contributed by atoms with Gasteiger partial charge in [0.1, 0.15) is 11.8 Å². The molecule has 0 bridgehead atoms. The number of fused-ring (bicyclic) bond motifs is 1. The highest BCUT2D eigenvalue weighted by atomic mass is 19.4. The van der Waals surface area contributed by atoms with Gasteiger partial charge in [-0.2, -0.15) is 18.4 Å². The van der Waals surface area contributed by atoms with Gasteiger partial charge >= 0.3 is 6.18 Å². The van der Waals surface area contributed by atoms with Gasteiger partial charge in [-0.05, 0) is 29.1 Å². The molecule has 0 aliphatic carbocycles. The molecule has 2 aromatic carbocycles. The zero-order valence-electron chi connectivity index (χ0n) is 12.6. The summed E-state index contributed by atoms with van der Waals surface area (Å²) in [7, 11) is 1.43. The van der Waals surface area contributed by atoms with Crippen LogP contribution in [0.5, 0.6) is 0 Å². The Labute approximate surface area is 135 Å². The van der Waals surface area contributed by atoms with Gasteiger partial charge in [-0.1, -0.05) is 30.3 Å². The van der Waals surface area contributed by atoms with E-state index in [1.165, 1.54) is 7.05 Å². The fourth-order valence-corrected chi connectivity index (χ4v) is 2.72. The van der Waals surface area contributed by atoms with Crippen molar-refractivity contribution in [3.8, 4) is 17.2 Å². The quantitative estimate of drug-likeness (QED) is 0.675. The Bertz CT molecular complexity index is 1030. The van der Waals surface area contributed by atoms with Gasteiger partial charge in [0.2, 0.25) is 0 Å². The van der Waals surface area contributed by atoms with Crippen molar-refractivity contribution in [2.24, 2.45) is 7.05 Å². The van der Waals surface area contributed by atoms with Gasteiger partial charge < -0.3 is 4.57 Å². The summed E-state index contributed by atoms with van der Waals surface area (Å²) in [6, 6.07) is 13.5. The predicted octanol–water partition coefficient (Wildman–Crippen LogP) is 4.10. The predicted molar refractivity (Wildman–Crippen MR) is 84.3 cm³/mol. The van der Waals surface area contributed by atoms with Crippen molar-refractivity contribution in [3.63, 3.8) is 0 Å². The molecule has 24 heavy (non-hydrogen) atoms. The molecule has 1 aromatic heterocycles. The molecule has 6 heteroatoms. The van der Waals surface area contributed by atoms with Gasteiger partial charge in [0.05, 0.1) is 5.56 Å². The first-order chi connectivity index (χ1) is 11.3. The minimum absolute atomic E-state index is 0.0259. The molecule has 0 saturated heterocycles. The van der Waals surface area contributed by atoms with Crippen molar-refractivity contribution in [2.45, 2.75) is 6.18 Å². The summed E-state index contributed by atoms with van der Waals surface area (Å²) in [6.45, 7) is 0. The van der Waals surface area contributed by atoms with Crippen molar-refractivity contribution in [2.75, 3.05) is 0 Å². The smallest absolute Gasteiger partial charge is 0.302 e. The number of pyridine rings is 1. The molecule has 0 amide bonds. The Balaban J connectivity index is 2.53. The van der Waals surface area contributed by atoms with Gasteiger partial charge in [-0.15, -0.1) is 0 Å². The number of benzene rings is 2. The molecule has 0 aliphatic rings. The first-order valence-corrected chi connectivity index (χ1v) is 7.04. The van der Waals surface area contributed by atoms with E-state index in [9.17, 15) is 23.2 Å². The van der Waals surface area contributed by atoms with Crippen molar-refractivity contribution < 1.29 is 13.2 Å². The summed E-state index contributed by atoms with van der Waals surface area (Å²) in [4.78, 5) is 12.4. The van der Waals surface area contributed by atoms with Crippen LogP contribution in [0.1, 0.15) is 11.3 Å². The van der Waals surface area contributed by atoms with Crippen LogP contribution in [0.3, 0.4) is 0 Å². The van der Waals surface area contributed by atoms with Crippen molar-refractivity contribution in [3.05, 3.63) is 70.1 Å². The van der Waals surface area contributed by atoms with Crippen LogP contribution >= 0.6 is 0 Å². The standard InChI is InChI=1S/C18H11F3N2O/c1-23-15(10-22)16(11-5-3-2-4-6-11)14-9-12(18(19,20)21)7-8-13(14)17(23)24/h2-9H,1H3. The van der Waals surface area contributed by atoms with E-state index < -0.39 is 17.3 Å². The third-order valence-corrected chi connectivity index (χ3v) is 3.89. The van der Waals surface area contributed by atoms with E-state index in [1.54, 1.807) is 30.3 Å². The number of alkyl halides is 3. The SMILES string of the molecule is Cn1c(C#N)c(-c2ccccc2)c2cc(C(F)(F)F)ccc2c1=O. The minimum atomic E-state index is -4.53. The molecule has 3 aromatic rings. The molecule has 0 unspecified atom stereocenters. The Hall–Kier alpha value is -3.07. The average molecular weight is 328 g/mol. The van der Waals surface area contributed by atoms with Crippen LogP contribution in [0.25, 0.3) is 21.9 Å². The highest BCUT2D eigenvalue weighted by Gasteiger charge is 2.31. The molecule has 0 N–H and O–H groups in total. The summed E-state index contributed by atoms with van der Waals surface area (Å²) < 4.78 is 40.4. The summed E-state index contributed by atoms with van der Waals surface area (Å²) in [5, 5.41) is 9.70. The van der Waals surface area contributed by atoms with Crippen LogP contribution in [0, 0.1) is 11.3 Å². The summed E-state index contributed by atoms with van der Waals surface area (Å²) in [6.07, 6.45) is -4.53. The lowest BCUT2D eigenvalue weighted by molar-refractivity contribution is -0.137. The third kappa shape index (κ3) is 2.44. The van der Waals surface area contributed by atoms with E-state index in [1.807, 2.05) is 6.07 Å². The average Bonchev–Trinajstić information content (AvgIpc) is 2.57. The molecule has 3 rings (SSSR count). The van der Waals surface area contributed by atoms with E-state index in [0.29, 0.717) is 11.1 Å². The van der Waals surface area contributed by atoms with Gasteiger partial charge in [0.15, 0.2) is 0 Å². The van der Waals surface area contributed by atoms with Crippen LogP contribution in [0.4, 0.5) is 13.2 Å². The maximum atomic E-state index is 13.1. The second kappa shape index (κ2) is 5.53. The molecule has 0 aliphatic heterocycles. The number of halogens is 3. The zero-order chi connectivity index (χ0) is 17.5. The van der Waals surface area contributed by atoms with Crippen molar-refractivity contribution >= 4 is 10.8 Å². The van der Waals surface area contributed by atoms with Crippen molar-refractivity contribution in [1.29, 1.82) is 5.26 Å².